The molecule has 0 unspecified atom stereocenters. The van der Waals surface area contributed by atoms with Crippen molar-refractivity contribution in [3.05, 3.63) is 30.2 Å². The minimum absolute atomic E-state index is 0.435. The fourth-order valence-electron chi connectivity index (χ4n) is 4.00. The third-order valence-corrected chi connectivity index (χ3v) is 20.7. The summed E-state index contributed by atoms with van der Waals surface area (Å²) in [5, 5.41) is 0. The Hall–Kier alpha value is -1.17. The molecule has 27 heavy (non-hydrogen) atoms. The maximum absolute atomic E-state index is 6.12. The Bertz CT molecular complexity index is 695. The van der Waals surface area contributed by atoms with Gasteiger partial charge in [-0.25, -0.2) is 0 Å². The topological polar surface area (TPSA) is 64.7 Å². The van der Waals surface area contributed by atoms with Gasteiger partial charge in [-0.2, -0.15) is 0 Å². The number of nitrogens with two attached hydrogens (primary N) is 1. The summed E-state index contributed by atoms with van der Waals surface area (Å²) in [5.41, 5.74) is 9.56. The van der Waals surface area contributed by atoms with Gasteiger partial charge in [-0.1, -0.05) is 0 Å². The van der Waals surface area contributed by atoms with E-state index in [-0.39, 0.29) is 0 Å². The molecule has 2 aromatic rings. The summed E-state index contributed by atoms with van der Waals surface area (Å²) < 4.78 is 5.48. The van der Waals surface area contributed by atoms with E-state index >= 15 is 0 Å². The van der Waals surface area contributed by atoms with Crippen LogP contribution in [0.25, 0.3) is 11.1 Å². The number of nitrogens with zero attached hydrogens (tertiary/aromatic N) is 3. The third kappa shape index (κ3) is 5.90. The van der Waals surface area contributed by atoms with Crippen LogP contribution < -0.4 is 9.44 Å². The summed E-state index contributed by atoms with van der Waals surface area (Å²) in [7, 11) is 0. The Morgan fingerprint density at radius 3 is 2.04 bits per heavy atom. The van der Waals surface area contributed by atoms with Gasteiger partial charge in [0, 0.05) is 0 Å². The molecule has 0 aromatic carbocycles. The molecule has 148 valence electrons. The number of rotatable bonds is 11. The molecular weight excluding hydrogens is 439 g/mol. The summed E-state index contributed by atoms with van der Waals surface area (Å²) in [6, 6.07) is 4.26. The summed E-state index contributed by atoms with van der Waals surface area (Å²) >= 11 is -2.70. The summed E-state index contributed by atoms with van der Waals surface area (Å²) in [4.78, 5) is 13.7. The third-order valence-electron chi connectivity index (χ3n) is 5.54. The van der Waals surface area contributed by atoms with Crippen LogP contribution in [0.15, 0.2) is 24.5 Å². The molecule has 0 spiro atoms. The van der Waals surface area contributed by atoms with E-state index in [0.717, 1.165) is 5.69 Å². The van der Waals surface area contributed by atoms with E-state index < -0.39 is 18.4 Å². The first-order valence-corrected chi connectivity index (χ1v) is 18.1. The van der Waals surface area contributed by atoms with Gasteiger partial charge >= 0.3 is 170 Å². The quantitative estimate of drug-likeness (QED) is 0.437. The minimum atomic E-state index is -2.70. The number of pyridine rings is 1. The fourth-order valence-corrected chi connectivity index (χ4v) is 20.2. The number of aryl methyl sites for hydroxylation is 1. The van der Waals surface area contributed by atoms with Crippen LogP contribution in [-0.4, -0.2) is 33.3 Å². The van der Waals surface area contributed by atoms with Crippen LogP contribution in [0.4, 0.5) is 5.95 Å². The van der Waals surface area contributed by atoms with Crippen LogP contribution in [0.1, 0.15) is 65.0 Å². The normalized spacial score (nSPS) is 11.7. The van der Waals surface area contributed by atoms with Crippen molar-refractivity contribution in [1.29, 1.82) is 0 Å². The van der Waals surface area contributed by atoms with Crippen molar-refractivity contribution in [3.8, 4) is 11.1 Å². The van der Waals surface area contributed by atoms with Gasteiger partial charge in [-0.05, 0) is 0 Å². The van der Waals surface area contributed by atoms with Gasteiger partial charge in [0.15, 0.2) is 0 Å². The predicted octanol–water partition coefficient (Wildman–Crippen LogP) is 5.49. The second-order valence-electron chi connectivity index (χ2n) is 7.77. The van der Waals surface area contributed by atoms with Crippen LogP contribution >= 0.6 is 0 Å². The van der Waals surface area contributed by atoms with E-state index in [1.807, 2.05) is 19.3 Å². The first kappa shape index (κ1) is 22.1. The SMILES string of the molecule is CCC[CH2][Sn]([CH2]CCC)([CH2]CCC)[c]1nc(N)ncc1-c1ccnc(C)c1. The molecular formula is C22H36N4Sn. The van der Waals surface area contributed by atoms with Crippen LogP contribution in [0.3, 0.4) is 0 Å². The molecule has 0 saturated heterocycles. The molecule has 0 aliphatic rings. The van der Waals surface area contributed by atoms with Crippen molar-refractivity contribution in [2.24, 2.45) is 0 Å². The van der Waals surface area contributed by atoms with Crippen molar-refractivity contribution < 1.29 is 0 Å². The summed E-state index contributed by atoms with van der Waals surface area (Å²) in [6.07, 6.45) is 11.5. The van der Waals surface area contributed by atoms with Crippen LogP contribution in [0.2, 0.25) is 13.3 Å². The van der Waals surface area contributed by atoms with Gasteiger partial charge in [0.05, 0.1) is 0 Å². The number of unbranched alkanes of at least 4 members (excludes halogenated alkanes) is 3. The van der Waals surface area contributed by atoms with Gasteiger partial charge in [0.2, 0.25) is 0 Å². The van der Waals surface area contributed by atoms with Gasteiger partial charge < -0.3 is 0 Å². The monoisotopic (exact) mass is 476 g/mol. The standard InChI is InChI=1S/C10H9N4.3C4H9.Sn/c1-7-4-8(2-3-12-7)9-5-13-10(11)14-6-9;3*1-3-4-2;/h2-5H,1H3,(H2,11,13,14);3*1,3-4H2,2H3;. The molecule has 0 aliphatic carbocycles. The molecule has 0 saturated carbocycles. The zero-order valence-corrected chi connectivity index (χ0v) is 20.4. The number of anilines is 1. The van der Waals surface area contributed by atoms with Crippen molar-refractivity contribution >= 4 is 28.0 Å². The van der Waals surface area contributed by atoms with Gasteiger partial charge in [-0.15, -0.1) is 0 Å². The number of hydrogen-bond acceptors (Lipinski definition) is 4. The molecule has 0 radical (unpaired) electrons. The van der Waals surface area contributed by atoms with E-state index in [1.165, 1.54) is 66.7 Å². The fraction of sp³-hybridized carbons (Fsp3) is 0.591. The first-order chi connectivity index (χ1) is 13.1. The zero-order chi connectivity index (χ0) is 19.7. The molecule has 2 rings (SSSR count). The molecule has 0 atom stereocenters. The van der Waals surface area contributed by atoms with Crippen molar-refractivity contribution in [2.45, 2.75) is 79.5 Å². The Morgan fingerprint density at radius 2 is 1.52 bits per heavy atom. The van der Waals surface area contributed by atoms with Crippen LogP contribution in [-0.2, 0) is 0 Å². The zero-order valence-electron chi connectivity index (χ0n) is 17.6. The van der Waals surface area contributed by atoms with Crippen molar-refractivity contribution in [2.75, 3.05) is 5.73 Å². The average molecular weight is 475 g/mol. The van der Waals surface area contributed by atoms with Gasteiger partial charge in [0.25, 0.3) is 0 Å². The summed E-state index contributed by atoms with van der Waals surface area (Å²) in [6.45, 7) is 8.95. The molecule has 2 aromatic heterocycles. The molecule has 4 nitrogen and oxygen atoms in total. The van der Waals surface area contributed by atoms with Crippen molar-refractivity contribution in [1.82, 2.24) is 15.0 Å². The molecule has 0 bridgehead atoms. The van der Waals surface area contributed by atoms with E-state index in [4.69, 9.17) is 10.7 Å². The second kappa shape index (κ2) is 11.0. The molecule has 0 fully saturated rings. The van der Waals surface area contributed by atoms with Gasteiger partial charge in [-0.3, -0.25) is 0 Å². The average Bonchev–Trinajstić information content (AvgIpc) is 2.68. The van der Waals surface area contributed by atoms with E-state index in [9.17, 15) is 0 Å². The maximum atomic E-state index is 6.12. The second-order valence-corrected chi connectivity index (χ2v) is 20.7. The van der Waals surface area contributed by atoms with E-state index in [0.29, 0.717) is 5.95 Å². The Kier molecular flexibility index (Phi) is 9.00. The number of aromatic nitrogens is 3. The molecule has 5 heteroatoms. The van der Waals surface area contributed by atoms with E-state index in [1.54, 1.807) is 0 Å². The number of nitrogen functional groups attached to an aromatic ring is 1. The first-order valence-electron chi connectivity index (χ1n) is 10.6. The molecule has 2 N–H and O–H groups in total. The van der Waals surface area contributed by atoms with E-state index in [2.05, 4.69) is 42.9 Å². The van der Waals surface area contributed by atoms with Crippen LogP contribution in [0, 0.1) is 6.92 Å². The van der Waals surface area contributed by atoms with Crippen LogP contribution in [0.5, 0.6) is 0 Å². The van der Waals surface area contributed by atoms with Gasteiger partial charge in [0.1, 0.15) is 0 Å². The Labute approximate surface area is 169 Å². The van der Waals surface area contributed by atoms with Crippen molar-refractivity contribution in [3.63, 3.8) is 0 Å². The summed E-state index contributed by atoms with van der Waals surface area (Å²) in [5.74, 6) is 0.435. The molecule has 0 aliphatic heterocycles. The number of hydrogen-bond donors (Lipinski definition) is 1. The molecule has 2 heterocycles. The Morgan fingerprint density at radius 1 is 0.926 bits per heavy atom. The molecule has 0 amide bonds. The predicted molar refractivity (Wildman–Crippen MR) is 119 cm³/mol. The Balaban J connectivity index is 2.62.